The molecule has 0 aliphatic heterocycles. The summed E-state index contributed by atoms with van der Waals surface area (Å²) in [5.74, 6) is 0.0230. The molecule has 0 atom stereocenters. The topological polar surface area (TPSA) is 110 Å². The smallest absolute Gasteiger partial charge is 0.315 e. The molecule has 0 aliphatic carbocycles. The van der Waals surface area contributed by atoms with Gasteiger partial charge in [-0.25, -0.2) is 4.98 Å². The van der Waals surface area contributed by atoms with Crippen LogP contribution in [0.15, 0.2) is 41.6 Å². The van der Waals surface area contributed by atoms with Crippen molar-refractivity contribution in [3.8, 4) is 11.5 Å². The van der Waals surface area contributed by atoms with Crippen LogP contribution in [0.4, 0.5) is 11.5 Å². The van der Waals surface area contributed by atoms with E-state index in [4.69, 9.17) is 4.74 Å². The molecular weight excluding hydrogens is 276 g/mol. The summed E-state index contributed by atoms with van der Waals surface area (Å²) in [5, 5.41) is 24.4. The highest BCUT2D eigenvalue weighted by Crippen LogP contribution is 2.36. The minimum absolute atomic E-state index is 0.00323. The Balaban J connectivity index is 2.23. The van der Waals surface area contributed by atoms with Crippen LogP contribution in [-0.4, -0.2) is 28.3 Å². The fourth-order valence-electron chi connectivity index (χ4n) is 1.59. The second-order valence-electron chi connectivity index (χ2n) is 3.93. The third-order valence-corrected chi connectivity index (χ3v) is 2.55. The summed E-state index contributed by atoms with van der Waals surface area (Å²) >= 11 is 0. The first kappa shape index (κ1) is 14.3. The lowest BCUT2D eigenvalue weighted by molar-refractivity contribution is -0.386. The molecule has 0 saturated heterocycles. The van der Waals surface area contributed by atoms with Gasteiger partial charge in [0, 0.05) is 17.8 Å². The molecule has 0 saturated carbocycles. The number of benzene rings is 1. The number of ether oxygens (including phenoxy) is 1. The SMILES string of the molecule is COc1cc(/C=N/Nc2ccccn2)cc([N+](=O)[O-])c1O. The van der Waals surface area contributed by atoms with Crippen LogP contribution in [0.3, 0.4) is 0 Å². The molecule has 8 heteroatoms. The Morgan fingerprint density at radius 1 is 1.48 bits per heavy atom. The molecule has 2 rings (SSSR count). The first-order valence-corrected chi connectivity index (χ1v) is 5.87. The zero-order chi connectivity index (χ0) is 15.2. The summed E-state index contributed by atoms with van der Waals surface area (Å²) in [4.78, 5) is 14.2. The van der Waals surface area contributed by atoms with Gasteiger partial charge >= 0.3 is 5.69 Å². The van der Waals surface area contributed by atoms with Crippen molar-refractivity contribution >= 4 is 17.7 Å². The van der Waals surface area contributed by atoms with Gasteiger partial charge < -0.3 is 9.84 Å². The highest BCUT2D eigenvalue weighted by atomic mass is 16.6. The quantitative estimate of drug-likeness (QED) is 0.495. The monoisotopic (exact) mass is 288 g/mol. The van der Waals surface area contributed by atoms with Crippen LogP contribution in [-0.2, 0) is 0 Å². The molecule has 0 aliphatic rings. The average Bonchev–Trinajstić information content (AvgIpc) is 2.49. The number of pyridine rings is 1. The maximum Gasteiger partial charge on any atom is 0.315 e. The zero-order valence-electron chi connectivity index (χ0n) is 11.1. The van der Waals surface area contributed by atoms with Gasteiger partial charge in [0.25, 0.3) is 0 Å². The minimum Gasteiger partial charge on any atom is -0.500 e. The predicted molar refractivity (Wildman–Crippen MR) is 76.8 cm³/mol. The van der Waals surface area contributed by atoms with Crippen LogP contribution < -0.4 is 10.2 Å². The van der Waals surface area contributed by atoms with Crippen LogP contribution in [0.1, 0.15) is 5.56 Å². The molecule has 0 radical (unpaired) electrons. The molecule has 8 nitrogen and oxygen atoms in total. The number of nitrogens with zero attached hydrogens (tertiary/aromatic N) is 3. The summed E-state index contributed by atoms with van der Waals surface area (Å²) in [6.07, 6.45) is 2.97. The standard InChI is InChI=1S/C13H12N4O4/c1-21-11-7-9(6-10(13(11)18)17(19)20)8-15-16-12-4-2-3-5-14-12/h2-8,18H,1H3,(H,14,16)/b15-8+. The number of phenols is 1. The molecule has 1 heterocycles. The summed E-state index contributed by atoms with van der Waals surface area (Å²) in [6.45, 7) is 0. The van der Waals surface area contributed by atoms with Crippen molar-refractivity contribution in [2.75, 3.05) is 12.5 Å². The van der Waals surface area contributed by atoms with Gasteiger partial charge in [0.1, 0.15) is 5.82 Å². The maximum atomic E-state index is 10.9. The molecule has 1 aromatic heterocycles. The Bertz CT molecular complexity index is 673. The van der Waals surface area contributed by atoms with E-state index in [9.17, 15) is 15.2 Å². The van der Waals surface area contributed by atoms with Gasteiger partial charge in [0.15, 0.2) is 5.75 Å². The number of aromatic hydroxyl groups is 1. The summed E-state index contributed by atoms with van der Waals surface area (Å²) in [6, 6.07) is 7.91. The lowest BCUT2D eigenvalue weighted by Crippen LogP contribution is -1.96. The van der Waals surface area contributed by atoms with Crippen molar-refractivity contribution in [1.29, 1.82) is 0 Å². The second kappa shape index (κ2) is 6.33. The maximum absolute atomic E-state index is 10.9. The number of hydrogen-bond donors (Lipinski definition) is 2. The van der Waals surface area contributed by atoms with Crippen molar-refractivity contribution < 1.29 is 14.8 Å². The van der Waals surface area contributed by atoms with E-state index in [1.807, 2.05) is 0 Å². The van der Waals surface area contributed by atoms with Crippen LogP contribution in [0.25, 0.3) is 0 Å². The molecular formula is C13H12N4O4. The van der Waals surface area contributed by atoms with Crippen molar-refractivity contribution in [2.24, 2.45) is 5.10 Å². The molecule has 0 spiro atoms. The molecule has 0 bridgehead atoms. The summed E-state index contributed by atoms with van der Waals surface area (Å²) in [7, 11) is 1.31. The van der Waals surface area contributed by atoms with Gasteiger partial charge in [-0.2, -0.15) is 5.10 Å². The first-order chi connectivity index (χ1) is 10.1. The Hall–Kier alpha value is -3.16. The van der Waals surface area contributed by atoms with E-state index in [-0.39, 0.29) is 5.75 Å². The second-order valence-corrected chi connectivity index (χ2v) is 3.93. The Labute approximate surface area is 119 Å². The van der Waals surface area contributed by atoms with Gasteiger partial charge in [0.05, 0.1) is 18.2 Å². The van der Waals surface area contributed by atoms with E-state index >= 15 is 0 Å². The molecule has 2 N–H and O–H groups in total. The fourth-order valence-corrected chi connectivity index (χ4v) is 1.59. The van der Waals surface area contributed by atoms with Gasteiger partial charge in [-0.15, -0.1) is 0 Å². The van der Waals surface area contributed by atoms with E-state index in [1.165, 1.54) is 25.5 Å². The Morgan fingerprint density at radius 3 is 2.90 bits per heavy atom. The largest absolute Gasteiger partial charge is 0.500 e. The van der Waals surface area contributed by atoms with E-state index in [2.05, 4.69) is 15.5 Å². The van der Waals surface area contributed by atoms with E-state index in [1.54, 1.807) is 24.4 Å². The third-order valence-electron chi connectivity index (χ3n) is 2.55. The number of nitro groups is 1. The number of nitro benzene ring substituents is 1. The lowest BCUT2D eigenvalue weighted by Gasteiger charge is -2.05. The van der Waals surface area contributed by atoms with Crippen LogP contribution in [0.5, 0.6) is 11.5 Å². The molecule has 21 heavy (non-hydrogen) atoms. The molecule has 1 aromatic carbocycles. The highest BCUT2D eigenvalue weighted by molar-refractivity contribution is 5.83. The van der Waals surface area contributed by atoms with E-state index in [0.29, 0.717) is 11.4 Å². The number of hydrazone groups is 1. The normalized spacial score (nSPS) is 10.5. The number of methoxy groups -OCH3 is 1. The van der Waals surface area contributed by atoms with Gasteiger partial charge in [-0.3, -0.25) is 15.5 Å². The minimum atomic E-state index is -0.693. The van der Waals surface area contributed by atoms with Crippen LogP contribution >= 0.6 is 0 Å². The summed E-state index contributed by atoms with van der Waals surface area (Å²) in [5.41, 5.74) is 2.63. The Kier molecular flexibility index (Phi) is 4.30. The molecule has 108 valence electrons. The average molecular weight is 288 g/mol. The molecule has 0 amide bonds. The predicted octanol–water partition coefficient (Wildman–Crippen LogP) is 2.15. The summed E-state index contributed by atoms with van der Waals surface area (Å²) < 4.78 is 4.89. The number of aromatic nitrogens is 1. The number of rotatable bonds is 5. The lowest BCUT2D eigenvalue weighted by atomic mass is 10.2. The number of nitrogens with one attached hydrogen (secondary N) is 1. The van der Waals surface area contributed by atoms with Gasteiger partial charge in [-0.1, -0.05) is 6.07 Å². The van der Waals surface area contributed by atoms with Gasteiger partial charge in [0.2, 0.25) is 5.75 Å². The highest BCUT2D eigenvalue weighted by Gasteiger charge is 2.19. The van der Waals surface area contributed by atoms with Crippen LogP contribution in [0, 0.1) is 10.1 Å². The van der Waals surface area contributed by atoms with Crippen molar-refractivity contribution in [3.05, 3.63) is 52.2 Å². The molecule has 0 fully saturated rings. The third kappa shape index (κ3) is 3.44. The first-order valence-electron chi connectivity index (χ1n) is 5.87. The van der Waals surface area contributed by atoms with Crippen molar-refractivity contribution in [1.82, 2.24) is 4.98 Å². The molecule has 0 unspecified atom stereocenters. The fraction of sp³-hybridized carbons (Fsp3) is 0.0769. The number of anilines is 1. The van der Waals surface area contributed by atoms with E-state index < -0.39 is 16.4 Å². The Morgan fingerprint density at radius 2 is 2.29 bits per heavy atom. The van der Waals surface area contributed by atoms with Crippen LogP contribution in [0.2, 0.25) is 0 Å². The zero-order valence-corrected chi connectivity index (χ0v) is 11.1. The van der Waals surface area contributed by atoms with Gasteiger partial charge in [-0.05, 0) is 18.2 Å². The molecule has 2 aromatic rings. The van der Waals surface area contributed by atoms with Crippen molar-refractivity contribution in [2.45, 2.75) is 0 Å². The van der Waals surface area contributed by atoms with E-state index in [0.717, 1.165) is 0 Å². The van der Waals surface area contributed by atoms with Crippen molar-refractivity contribution in [3.63, 3.8) is 0 Å². The number of hydrogen-bond acceptors (Lipinski definition) is 7. The number of phenolic OH excluding ortho intramolecular Hbond substituents is 1.